The predicted molar refractivity (Wildman–Crippen MR) is 90.3 cm³/mol. The van der Waals surface area contributed by atoms with Crippen LogP contribution in [0.1, 0.15) is 5.56 Å². The Kier molecular flexibility index (Phi) is 8.38. The summed E-state index contributed by atoms with van der Waals surface area (Å²) in [6.45, 7) is 1.30. The van der Waals surface area contributed by atoms with Crippen molar-refractivity contribution in [2.75, 3.05) is 44.0 Å². The van der Waals surface area contributed by atoms with Crippen molar-refractivity contribution in [2.24, 2.45) is 5.73 Å². The number of halogens is 2. The number of rotatable bonds is 9. The number of ether oxygens (including phenoxy) is 2. The summed E-state index contributed by atoms with van der Waals surface area (Å²) in [5.41, 5.74) is 7.62. The third-order valence-corrected chi connectivity index (χ3v) is 3.59. The van der Waals surface area contributed by atoms with Crippen LogP contribution >= 0.6 is 23.2 Å². The fraction of sp³-hybridized carbons (Fsp3) is 0.533. The molecule has 2 N–H and O–H groups in total. The van der Waals surface area contributed by atoms with Crippen LogP contribution in [0, 0.1) is 0 Å². The third-order valence-electron chi connectivity index (χ3n) is 3.25. The van der Waals surface area contributed by atoms with Crippen LogP contribution in [0.5, 0.6) is 5.75 Å². The molecule has 1 rings (SSSR count). The third kappa shape index (κ3) is 5.23. The van der Waals surface area contributed by atoms with Gasteiger partial charge in [-0.05, 0) is 24.1 Å². The fourth-order valence-corrected chi connectivity index (χ4v) is 2.56. The average molecular weight is 349 g/mol. The molecule has 1 atom stereocenters. The van der Waals surface area contributed by atoms with Crippen LogP contribution in [0.3, 0.4) is 0 Å². The average Bonchev–Trinajstić information content (AvgIpc) is 2.53. The highest BCUT2D eigenvalue weighted by atomic mass is 35.5. The van der Waals surface area contributed by atoms with Gasteiger partial charge in [0.25, 0.3) is 0 Å². The zero-order valence-electron chi connectivity index (χ0n) is 12.9. The van der Waals surface area contributed by atoms with Gasteiger partial charge in [0.05, 0.1) is 19.9 Å². The Morgan fingerprint density at radius 3 is 2.41 bits per heavy atom. The number of hydrogen-bond acceptors (Lipinski definition) is 5. The first-order valence-electron chi connectivity index (χ1n) is 6.94. The molecule has 0 aromatic heterocycles. The van der Waals surface area contributed by atoms with E-state index in [9.17, 15) is 4.79 Å². The van der Waals surface area contributed by atoms with Gasteiger partial charge in [0.2, 0.25) is 0 Å². The van der Waals surface area contributed by atoms with Crippen molar-refractivity contribution < 1.29 is 14.3 Å². The Labute approximate surface area is 141 Å². The van der Waals surface area contributed by atoms with Gasteiger partial charge in [-0.2, -0.15) is 0 Å². The Bertz CT molecular complexity index is 480. The Morgan fingerprint density at radius 2 is 1.91 bits per heavy atom. The summed E-state index contributed by atoms with van der Waals surface area (Å²) in [4.78, 5) is 13.5. The van der Waals surface area contributed by atoms with Crippen molar-refractivity contribution in [2.45, 2.75) is 12.5 Å². The first-order valence-corrected chi connectivity index (χ1v) is 8.01. The lowest BCUT2D eigenvalue weighted by molar-refractivity contribution is -0.142. The summed E-state index contributed by atoms with van der Waals surface area (Å²) in [6.07, 6.45) is 0.388. The molecular weight excluding hydrogens is 327 g/mol. The van der Waals surface area contributed by atoms with Gasteiger partial charge in [-0.1, -0.05) is 6.07 Å². The minimum absolute atomic E-state index is 0.388. The van der Waals surface area contributed by atoms with Crippen molar-refractivity contribution in [3.63, 3.8) is 0 Å². The number of methoxy groups -OCH3 is 2. The number of nitrogens with zero attached hydrogens (tertiary/aromatic N) is 1. The van der Waals surface area contributed by atoms with E-state index in [1.54, 1.807) is 7.11 Å². The maximum Gasteiger partial charge on any atom is 0.322 e. The number of carbonyl (C=O) groups is 1. The molecule has 1 unspecified atom stereocenters. The van der Waals surface area contributed by atoms with Gasteiger partial charge < -0.3 is 20.1 Å². The monoisotopic (exact) mass is 348 g/mol. The topological polar surface area (TPSA) is 64.8 Å². The number of anilines is 1. The first kappa shape index (κ1) is 18.9. The standard InChI is InChI=1S/C15H22Cl2N2O3/c1-21-14-4-3-11(9-12(18)15(20)22-2)10-13(14)19(7-5-16)8-6-17/h3-4,10,12H,5-9,18H2,1-2H3. The van der Waals surface area contributed by atoms with Crippen LogP contribution in [0.4, 0.5) is 5.69 Å². The van der Waals surface area contributed by atoms with Gasteiger partial charge in [0.1, 0.15) is 11.8 Å². The van der Waals surface area contributed by atoms with Crippen LogP contribution in [0.15, 0.2) is 18.2 Å². The normalized spacial score (nSPS) is 11.9. The van der Waals surface area contributed by atoms with E-state index in [1.807, 2.05) is 23.1 Å². The zero-order valence-corrected chi connectivity index (χ0v) is 14.4. The van der Waals surface area contributed by atoms with E-state index in [0.717, 1.165) is 17.0 Å². The van der Waals surface area contributed by atoms with Gasteiger partial charge in [-0.25, -0.2) is 0 Å². The summed E-state index contributed by atoms with van der Waals surface area (Å²) in [5, 5.41) is 0. The van der Waals surface area contributed by atoms with E-state index in [2.05, 4.69) is 4.74 Å². The zero-order chi connectivity index (χ0) is 16.5. The molecule has 0 aliphatic heterocycles. The molecule has 0 saturated heterocycles. The summed E-state index contributed by atoms with van der Waals surface area (Å²) < 4.78 is 10.0. The van der Waals surface area contributed by atoms with Gasteiger partial charge in [0, 0.05) is 24.8 Å². The molecule has 124 valence electrons. The highest BCUT2D eigenvalue weighted by Gasteiger charge is 2.17. The van der Waals surface area contributed by atoms with Gasteiger partial charge in [-0.15, -0.1) is 23.2 Å². The maximum absolute atomic E-state index is 11.4. The number of benzene rings is 1. The highest BCUT2D eigenvalue weighted by molar-refractivity contribution is 6.18. The summed E-state index contributed by atoms with van der Waals surface area (Å²) in [7, 11) is 2.93. The molecule has 5 nitrogen and oxygen atoms in total. The quantitative estimate of drug-likeness (QED) is 0.546. The Balaban J connectivity index is 3.03. The summed E-state index contributed by atoms with van der Waals surface area (Å²) in [5.74, 6) is 1.25. The Morgan fingerprint density at radius 1 is 1.27 bits per heavy atom. The van der Waals surface area contributed by atoms with Crippen LogP contribution in [-0.2, 0) is 16.0 Å². The smallest absolute Gasteiger partial charge is 0.322 e. The van der Waals surface area contributed by atoms with Crippen LogP contribution < -0.4 is 15.4 Å². The van der Waals surface area contributed by atoms with Crippen LogP contribution in [0.2, 0.25) is 0 Å². The Hall–Kier alpha value is -1.17. The fourth-order valence-electron chi connectivity index (χ4n) is 2.16. The van der Waals surface area contributed by atoms with Gasteiger partial charge >= 0.3 is 5.97 Å². The second-order valence-corrected chi connectivity index (χ2v) is 5.46. The molecule has 7 heteroatoms. The predicted octanol–water partition coefficient (Wildman–Crippen LogP) is 2.02. The number of carbonyl (C=O) groups excluding carboxylic acids is 1. The number of esters is 1. The molecule has 0 saturated carbocycles. The summed E-state index contributed by atoms with van der Waals surface area (Å²) in [6, 6.07) is 4.98. The number of nitrogens with two attached hydrogens (primary N) is 1. The lowest BCUT2D eigenvalue weighted by Gasteiger charge is -2.25. The maximum atomic E-state index is 11.4. The second-order valence-electron chi connectivity index (χ2n) is 4.70. The van der Waals surface area contributed by atoms with E-state index in [-0.39, 0.29) is 0 Å². The van der Waals surface area contributed by atoms with Crippen LogP contribution in [0.25, 0.3) is 0 Å². The molecule has 0 spiro atoms. The van der Waals surface area contributed by atoms with Crippen molar-refractivity contribution in [1.29, 1.82) is 0 Å². The number of hydrogen-bond donors (Lipinski definition) is 1. The molecule has 22 heavy (non-hydrogen) atoms. The van der Waals surface area contributed by atoms with Crippen LogP contribution in [-0.4, -0.2) is 51.1 Å². The van der Waals surface area contributed by atoms with Gasteiger partial charge in [-0.3, -0.25) is 4.79 Å². The molecule has 0 aliphatic carbocycles. The molecule has 0 radical (unpaired) electrons. The molecule has 1 aromatic rings. The second kappa shape index (κ2) is 9.77. The minimum atomic E-state index is -0.694. The van der Waals surface area contributed by atoms with E-state index in [4.69, 9.17) is 33.7 Å². The minimum Gasteiger partial charge on any atom is -0.495 e. The van der Waals surface area contributed by atoms with Crippen molar-refractivity contribution in [3.8, 4) is 5.75 Å². The van der Waals surface area contributed by atoms with E-state index in [0.29, 0.717) is 31.3 Å². The van der Waals surface area contributed by atoms with E-state index in [1.165, 1.54) is 7.11 Å². The lowest BCUT2D eigenvalue weighted by Crippen LogP contribution is -2.33. The van der Waals surface area contributed by atoms with Gasteiger partial charge in [0.15, 0.2) is 0 Å². The molecular formula is C15H22Cl2N2O3. The molecule has 0 aliphatic rings. The SMILES string of the molecule is COC(=O)C(N)Cc1ccc(OC)c(N(CCCl)CCCl)c1. The highest BCUT2D eigenvalue weighted by Crippen LogP contribution is 2.30. The molecule has 0 amide bonds. The lowest BCUT2D eigenvalue weighted by atomic mass is 10.0. The first-order chi connectivity index (χ1) is 10.6. The van der Waals surface area contributed by atoms with Crippen molar-refractivity contribution in [3.05, 3.63) is 23.8 Å². The number of alkyl halides is 2. The van der Waals surface area contributed by atoms with E-state index >= 15 is 0 Å². The molecule has 0 bridgehead atoms. The molecule has 0 heterocycles. The van der Waals surface area contributed by atoms with Crippen molar-refractivity contribution in [1.82, 2.24) is 0 Å². The molecule has 1 aromatic carbocycles. The van der Waals surface area contributed by atoms with Crippen molar-refractivity contribution >= 4 is 34.9 Å². The molecule has 0 fully saturated rings. The largest absolute Gasteiger partial charge is 0.495 e. The summed E-state index contributed by atoms with van der Waals surface area (Å²) >= 11 is 11.7. The van der Waals surface area contributed by atoms with E-state index < -0.39 is 12.0 Å².